The van der Waals surface area contributed by atoms with Crippen molar-refractivity contribution in [1.82, 2.24) is 5.32 Å². The maximum atomic E-state index is 6.07. The van der Waals surface area contributed by atoms with Crippen LogP contribution in [0.4, 0.5) is 0 Å². The number of halogens is 2. The molecular formula is C11H15BrClNO. The van der Waals surface area contributed by atoms with Crippen LogP contribution in [0.3, 0.4) is 0 Å². The molecule has 84 valence electrons. The molecule has 0 aliphatic rings. The van der Waals surface area contributed by atoms with E-state index in [-0.39, 0.29) is 0 Å². The lowest BCUT2D eigenvalue weighted by atomic mass is 10.2. The Kier molecular flexibility index (Phi) is 6.25. The fourth-order valence-corrected chi connectivity index (χ4v) is 1.97. The van der Waals surface area contributed by atoms with Crippen LogP contribution in [0, 0.1) is 0 Å². The van der Waals surface area contributed by atoms with Gasteiger partial charge in [-0.3, -0.25) is 0 Å². The number of nitrogens with one attached hydrogen (secondary N) is 1. The highest BCUT2D eigenvalue weighted by Crippen LogP contribution is 2.20. The van der Waals surface area contributed by atoms with E-state index in [2.05, 4.69) is 21.2 Å². The first-order valence-corrected chi connectivity index (χ1v) is 6.04. The minimum atomic E-state index is 0.793. The van der Waals surface area contributed by atoms with Gasteiger partial charge < -0.3 is 10.1 Å². The highest BCUT2D eigenvalue weighted by molar-refractivity contribution is 9.10. The zero-order valence-corrected chi connectivity index (χ0v) is 11.1. The molecule has 4 heteroatoms. The van der Waals surface area contributed by atoms with E-state index in [1.807, 2.05) is 18.2 Å². The first-order valence-electron chi connectivity index (χ1n) is 4.87. The van der Waals surface area contributed by atoms with Gasteiger partial charge in [-0.05, 0) is 30.7 Å². The zero-order valence-electron chi connectivity index (χ0n) is 8.72. The minimum absolute atomic E-state index is 0.793. The Morgan fingerprint density at radius 1 is 1.47 bits per heavy atom. The monoisotopic (exact) mass is 291 g/mol. The maximum absolute atomic E-state index is 6.07. The van der Waals surface area contributed by atoms with Gasteiger partial charge in [-0.25, -0.2) is 0 Å². The Morgan fingerprint density at radius 2 is 2.27 bits per heavy atom. The van der Waals surface area contributed by atoms with Crippen LogP contribution in [0.5, 0.6) is 0 Å². The van der Waals surface area contributed by atoms with Gasteiger partial charge >= 0.3 is 0 Å². The predicted octanol–water partition coefficient (Wildman–Crippen LogP) is 3.23. The molecule has 0 spiro atoms. The molecule has 0 heterocycles. The summed E-state index contributed by atoms with van der Waals surface area (Å²) in [6.07, 6.45) is 1.02. The van der Waals surface area contributed by atoms with Crippen LogP contribution < -0.4 is 5.32 Å². The smallest absolute Gasteiger partial charge is 0.0474 e. The molecule has 1 rings (SSSR count). The lowest BCUT2D eigenvalue weighted by Gasteiger charge is -2.06. The molecule has 0 bridgehead atoms. The predicted molar refractivity (Wildman–Crippen MR) is 67.4 cm³/mol. The summed E-state index contributed by atoms with van der Waals surface area (Å²) in [5.74, 6) is 0. The summed E-state index contributed by atoms with van der Waals surface area (Å²) in [4.78, 5) is 0. The normalized spacial score (nSPS) is 10.6. The van der Waals surface area contributed by atoms with Gasteiger partial charge in [0.2, 0.25) is 0 Å². The molecule has 0 aromatic heterocycles. The van der Waals surface area contributed by atoms with Gasteiger partial charge in [-0.1, -0.05) is 33.6 Å². The molecule has 0 radical (unpaired) electrons. The molecule has 0 saturated carbocycles. The average molecular weight is 293 g/mol. The second kappa shape index (κ2) is 7.23. The van der Waals surface area contributed by atoms with E-state index < -0.39 is 0 Å². The van der Waals surface area contributed by atoms with Crippen molar-refractivity contribution in [3.05, 3.63) is 33.3 Å². The summed E-state index contributed by atoms with van der Waals surface area (Å²) in [7, 11) is 1.71. The van der Waals surface area contributed by atoms with Crippen molar-refractivity contribution in [3.8, 4) is 0 Å². The molecule has 0 aliphatic carbocycles. The number of hydrogen-bond acceptors (Lipinski definition) is 2. The lowest BCUT2D eigenvalue weighted by Crippen LogP contribution is -2.16. The fraction of sp³-hybridized carbons (Fsp3) is 0.455. The van der Waals surface area contributed by atoms with Crippen LogP contribution >= 0.6 is 27.5 Å². The molecule has 0 atom stereocenters. The Bertz CT molecular complexity index is 307. The van der Waals surface area contributed by atoms with Gasteiger partial charge in [0, 0.05) is 29.8 Å². The molecule has 15 heavy (non-hydrogen) atoms. The fourth-order valence-electron chi connectivity index (χ4n) is 1.23. The molecule has 2 nitrogen and oxygen atoms in total. The highest BCUT2D eigenvalue weighted by Gasteiger charge is 1.99. The van der Waals surface area contributed by atoms with Crippen LogP contribution in [0.1, 0.15) is 12.0 Å². The van der Waals surface area contributed by atoms with Crippen molar-refractivity contribution in [2.75, 3.05) is 20.3 Å². The quantitative estimate of drug-likeness (QED) is 0.813. The molecular weight excluding hydrogens is 277 g/mol. The van der Waals surface area contributed by atoms with Crippen molar-refractivity contribution in [3.63, 3.8) is 0 Å². The van der Waals surface area contributed by atoms with E-state index in [1.54, 1.807) is 7.11 Å². The first kappa shape index (κ1) is 13.0. The number of ether oxygens (including phenoxy) is 1. The van der Waals surface area contributed by atoms with Gasteiger partial charge in [0.1, 0.15) is 0 Å². The van der Waals surface area contributed by atoms with Crippen molar-refractivity contribution >= 4 is 27.5 Å². The first-order chi connectivity index (χ1) is 7.24. The van der Waals surface area contributed by atoms with Crippen LogP contribution in [0.15, 0.2) is 22.7 Å². The Hall–Kier alpha value is -0.0900. The number of hydrogen-bond donors (Lipinski definition) is 1. The van der Waals surface area contributed by atoms with Crippen molar-refractivity contribution in [2.45, 2.75) is 13.0 Å². The number of methoxy groups -OCH3 is 1. The van der Waals surface area contributed by atoms with Gasteiger partial charge in [0.05, 0.1) is 0 Å². The Labute approximate surface area is 104 Å². The summed E-state index contributed by atoms with van der Waals surface area (Å²) >= 11 is 9.45. The summed E-state index contributed by atoms with van der Waals surface area (Å²) in [5, 5.41) is 4.11. The van der Waals surface area contributed by atoms with E-state index in [0.29, 0.717) is 0 Å². The molecule has 0 unspecified atom stereocenters. The summed E-state index contributed by atoms with van der Waals surface area (Å²) in [5.41, 5.74) is 1.12. The van der Waals surface area contributed by atoms with E-state index in [0.717, 1.165) is 41.2 Å². The third-order valence-electron chi connectivity index (χ3n) is 2.03. The Morgan fingerprint density at radius 3 is 2.93 bits per heavy atom. The van der Waals surface area contributed by atoms with E-state index in [9.17, 15) is 0 Å². The van der Waals surface area contributed by atoms with Crippen molar-refractivity contribution in [1.29, 1.82) is 0 Å². The molecule has 1 aromatic rings. The van der Waals surface area contributed by atoms with Gasteiger partial charge in [0.15, 0.2) is 0 Å². The molecule has 1 aromatic carbocycles. The summed E-state index contributed by atoms with van der Waals surface area (Å²) < 4.78 is 5.97. The molecule has 1 N–H and O–H groups in total. The number of rotatable bonds is 6. The standard InChI is InChI=1S/C11H15BrClNO/c1-15-6-2-5-14-8-9-3-4-10(12)7-11(9)13/h3-4,7,14H,2,5-6,8H2,1H3. The number of benzene rings is 1. The van der Waals surface area contributed by atoms with Gasteiger partial charge in [0.25, 0.3) is 0 Å². The third kappa shape index (κ3) is 4.98. The zero-order chi connectivity index (χ0) is 11.1. The summed E-state index contributed by atoms with van der Waals surface area (Å²) in [6.45, 7) is 2.54. The Balaban J connectivity index is 2.31. The minimum Gasteiger partial charge on any atom is -0.385 e. The largest absolute Gasteiger partial charge is 0.385 e. The van der Waals surface area contributed by atoms with Crippen molar-refractivity contribution in [2.24, 2.45) is 0 Å². The maximum Gasteiger partial charge on any atom is 0.0474 e. The lowest BCUT2D eigenvalue weighted by molar-refractivity contribution is 0.194. The van der Waals surface area contributed by atoms with Crippen LogP contribution in [-0.2, 0) is 11.3 Å². The van der Waals surface area contributed by atoms with E-state index in [1.165, 1.54) is 0 Å². The molecule has 0 aliphatic heterocycles. The van der Waals surface area contributed by atoms with E-state index in [4.69, 9.17) is 16.3 Å². The van der Waals surface area contributed by atoms with Crippen molar-refractivity contribution < 1.29 is 4.74 Å². The SMILES string of the molecule is COCCCNCc1ccc(Br)cc1Cl. The summed E-state index contributed by atoms with van der Waals surface area (Å²) in [6, 6.07) is 5.93. The second-order valence-corrected chi connectivity index (χ2v) is 4.58. The highest BCUT2D eigenvalue weighted by atomic mass is 79.9. The topological polar surface area (TPSA) is 21.3 Å². The second-order valence-electron chi connectivity index (χ2n) is 3.26. The van der Waals surface area contributed by atoms with Crippen LogP contribution in [-0.4, -0.2) is 20.3 Å². The van der Waals surface area contributed by atoms with Gasteiger partial charge in [-0.2, -0.15) is 0 Å². The molecule has 0 amide bonds. The molecule has 0 saturated heterocycles. The van der Waals surface area contributed by atoms with Gasteiger partial charge in [-0.15, -0.1) is 0 Å². The van der Waals surface area contributed by atoms with Crippen LogP contribution in [0.25, 0.3) is 0 Å². The van der Waals surface area contributed by atoms with E-state index >= 15 is 0 Å². The van der Waals surface area contributed by atoms with Crippen LogP contribution in [0.2, 0.25) is 5.02 Å². The molecule has 0 fully saturated rings. The third-order valence-corrected chi connectivity index (χ3v) is 2.88. The average Bonchev–Trinajstić information content (AvgIpc) is 2.20.